The summed E-state index contributed by atoms with van der Waals surface area (Å²) in [6.45, 7) is 3.23. The maximum atomic E-state index is 13.9. The van der Waals surface area contributed by atoms with E-state index in [2.05, 4.69) is 5.32 Å². The van der Waals surface area contributed by atoms with Crippen LogP contribution in [0.4, 0.5) is 10.1 Å². The summed E-state index contributed by atoms with van der Waals surface area (Å²) < 4.78 is 13.9. The van der Waals surface area contributed by atoms with Gasteiger partial charge in [-0.3, -0.25) is 14.4 Å². The molecule has 6 nitrogen and oxygen atoms in total. The van der Waals surface area contributed by atoms with Gasteiger partial charge in [-0.25, -0.2) is 4.39 Å². The van der Waals surface area contributed by atoms with Crippen molar-refractivity contribution in [1.82, 2.24) is 10.2 Å². The minimum atomic E-state index is -0.622. The third kappa shape index (κ3) is 3.65. The van der Waals surface area contributed by atoms with Gasteiger partial charge < -0.3 is 15.1 Å². The Balaban J connectivity index is 1.61. The minimum Gasteiger partial charge on any atom is -0.344 e. The Morgan fingerprint density at radius 1 is 1.24 bits per heavy atom. The SMILES string of the molecule is C[C@@H](NC(=O)[C@H]1CC(=O)N(c2ccccc2F)C1)C(=O)N1CCCC1. The maximum absolute atomic E-state index is 13.9. The number of carbonyl (C=O) groups is 3. The second kappa shape index (κ2) is 7.21. The van der Waals surface area contributed by atoms with Crippen molar-refractivity contribution in [1.29, 1.82) is 0 Å². The Bertz CT molecular complexity index is 688. The number of amides is 3. The number of rotatable bonds is 4. The minimum absolute atomic E-state index is 0.0186. The molecule has 0 aliphatic carbocycles. The van der Waals surface area contributed by atoms with Gasteiger partial charge in [-0.2, -0.15) is 0 Å². The van der Waals surface area contributed by atoms with E-state index in [1.54, 1.807) is 24.0 Å². The molecule has 0 spiro atoms. The molecule has 1 aromatic rings. The van der Waals surface area contributed by atoms with Crippen molar-refractivity contribution in [3.8, 4) is 0 Å². The van der Waals surface area contributed by atoms with E-state index in [9.17, 15) is 18.8 Å². The third-order valence-electron chi connectivity index (χ3n) is 4.79. The van der Waals surface area contributed by atoms with Crippen LogP contribution < -0.4 is 10.2 Å². The molecule has 3 amide bonds. The fraction of sp³-hybridized carbons (Fsp3) is 0.500. The van der Waals surface area contributed by atoms with E-state index < -0.39 is 17.8 Å². The van der Waals surface area contributed by atoms with Crippen molar-refractivity contribution in [3.63, 3.8) is 0 Å². The summed E-state index contributed by atoms with van der Waals surface area (Å²) in [4.78, 5) is 39.9. The number of hydrogen-bond acceptors (Lipinski definition) is 3. The van der Waals surface area contributed by atoms with Crippen molar-refractivity contribution in [2.45, 2.75) is 32.2 Å². The number of benzene rings is 1. The molecule has 0 radical (unpaired) electrons. The molecule has 2 fully saturated rings. The highest BCUT2D eigenvalue weighted by molar-refractivity contribution is 6.01. The van der Waals surface area contributed by atoms with Gasteiger partial charge in [0, 0.05) is 26.1 Å². The molecule has 1 aromatic carbocycles. The van der Waals surface area contributed by atoms with Gasteiger partial charge >= 0.3 is 0 Å². The Morgan fingerprint density at radius 2 is 1.92 bits per heavy atom. The van der Waals surface area contributed by atoms with Crippen LogP contribution in [0.25, 0.3) is 0 Å². The van der Waals surface area contributed by atoms with E-state index in [0.717, 1.165) is 25.9 Å². The average molecular weight is 347 g/mol. The Kier molecular flexibility index (Phi) is 5.01. The molecule has 25 heavy (non-hydrogen) atoms. The van der Waals surface area contributed by atoms with Gasteiger partial charge in [0.25, 0.3) is 0 Å². The van der Waals surface area contributed by atoms with Crippen molar-refractivity contribution in [2.75, 3.05) is 24.5 Å². The zero-order chi connectivity index (χ0) is 18.0. The second-order valence-electron chi connectivity index (χ2n) is 6.62. The molecule has 1 N–H and O–H groups in total. The monoisotopic (exact) mass is 347 g/mol. The first-order valence-corrected chi connectivity index (χ1v) is 8.61. The van der Waals surface area contributed by atoms with Crippen LogP contribution in [0, 0.1) is 11.7 Å². The Hall–Kier alpha value is -2.44. The van der Waals surface area contributed by atoms with Crippen LogP contribution in [-0.4, -0.2) is 48.3 Å². The number of anilines is 1. The summed E-state index contributed by atoms with van der Waals surface area (Å²) in [7, 11) is 0. The molecule has 0 unspecified atom stereocenters. The predicted octanol–water partition coefficient (Wildman–Crippen LogP) is 1.31. The lowest BCUT2D eigenvalue weighted by Gasteiger charge is -2.22. The molecule has 0 aromatic heterocycles. The molecule has 2 aliphatic rings. The molecule has 0 saturated carbocycles. The smallest absolute Gasteiger partial charge is 0.244 e. The highest BCUT2D eigenvalue weighted by Gasteiger charge is 2.37. The topological polar surface area (TPSA) is 69.7 Å². The van der Waals surface area contributed by atoms with E-state index in [-0.39, 0.29) is 36.4 Å². The highest BCUT2D eigenvalue weighted by Crippen LogP contribution is 2.27. The Labute approximate surface area is 146 Å². The third-order valence-corrected chi connectivity index (χ3v) is 4.79. The fourth-order valence-corrected chi connectivity index (χ4v) is 3.39. The number of para-hydroxylation sites is 1. The summed E-state index contributed by atoms with van der Waals surface area (Å²) in [6, 6.07) is 5.38. The van der Waals surface area contributed by atoms with Crippen molar-refractivity contribution in [3.05, 3.63) is 30.1 Å². The van der Waals surface area contributed by atoms with Crippen LogP contribution in [0.5, 0.6) is 0 Å². The van der Waals surface area contributed by atoms with Crippen LogP contribution in [-0.2, 0) is 14.4 Å². The fourth-order valence-electron chi connectivity index (χ4n) is 3.39. The summed E-state index contributed by atoms with van der Waals surface area (Å²) in [5.41, 5.74) is 0.184. The van der Waals surface area contributed by atoms with E-state index in [1.165, 1.54) is 17.0 Å². The molecule has 2 aliphatic heterocycles. The number of likely N-dealkylation sites (tertiary alicyclic amines) is 1. The van der Waals surface area contributed by atoms with Crippen LogP contribution in [0.1, 0.15) is 26.2 Å². The van der Waals surface area contributed by atoms with Crippen molar-refractivity contribution in [2.24, 2.45) is 5.92 Å². The van der Waals surface area contributed by atoms with Crippen LogP contribution in [0.2, 0.25) is 0 Å². The number of carbonyl (C=O) groups excluding carboxylic acids is 3. The van der Waals surface area contributed by atoms with Gasteiger partial charge in [-0.15, -0.1) is 0 Å². The second-order valence-corrected chi connectivity index (χ2v) is 6.62. The first-order chi connectivity index (χ1) is 12.0. The molecule has 2 atom stereocenters. The van der Waals surface area contributed by atoms with Crippen LogP contribution >= 0.6 is 0 Å². The number of halogens is 1. The largest absolute Gasteiger partial charge is 0.344 e. The van der Waals surface area contributed by atoms with Gasteiger partial charge in [0.05, 0.1) is 11.6 Å². The lowest BCUT2D eigenvalue weighted by molar-refractivity contribution is -0.136. The molecule has 134 valence electrons. The van der Waals surface area contributed by atoms with Gasteiger partial charge in [0.15, 0.2) is 0 Å². The molecule has 3 rings (SSSR count). The standard InChI is InChI=1S/C18H22FN3O3/c1-12(18(25)21-8-4-5-9-21)20-17(24)13-10-16(23)22(11-13)15-7-3-2-6-14(15)19/h2-3,6-7,12-13H,4-5,8-11H2,1H3,(H,20,24)/t12-,13+/m1/s1. The summed E-state index contributed by atoms with van der Waals surface area (Å²) in [5.74, 6) is -1.80. The molecule has 7 heteroatoms. The first-order valence-electron chi connectivity index (χ1n) is 8.61. The lowest BCUT2D eigenvalue weighted by atomic mass is 10.1. The molecular formula is C18H22FN3O3. The number of nitrogens with zero attached hydrogens (tertiary/aromatic N) is 2. The quantitative estimate of drug-likeness (QED) is 0.893. The van der Waals surface area contributed by atoms with E-state index >= 15 is 0 Å². The van der Waals surface area contributed by atoms with Gasteiger partial charge in [-0.1, -0.05) is 12.1 Å². The van der Waals surface area contributed by atoms with Crippen molar-refractivity contribution < 1.29 is 18.8 Å². The van der Waals surface area contributed by atoms with E-state index in [1.807, 2.05) is 0 Å². The maximum Gasteiger partial charge on any atom is 0.244 e. The molecule has 2 saturated heterocycles. The molecule has 2 heterocycles. The highest BCUT2D eigenvalue weighted by atomic mass is 19.1. The van der Waals surface area contributed by atoms with Gasteiger partial charge in [0.2, 0.25) is 17.7 Å². The summed E-state index contributed by atoms with van der Waals surface area (Å²) in [5, 5.41) is 2.70. The number of nitrogens with one attached hydrogen (secondary N) is 1. The van der Waals surface area contributed by atoms with Gasteiger partial charge in [-0.05, 0) is 31.9 Å². The zero-order valence-electron chi connectivity index (χ0n) is 14.2. The molecule has 0 bridgehead atoms. The first kappa shape index (κ1) is 17.4. The predicted molar refractivity (Wildman–Crippen MR) is 90.3 cm³/mol. The normalized spacial score (nSPS) is 21.5. The average Bonchev–Trinajstić information content (AvgIpc) is 3.24. The van der Waals surface area contributed by atoms with E-state index in [0.29, 0.717) is 0 Å². The van der Waals surface area contributed by atoms with Crippen LogP contribution in [0.15, 0.2) is 24.3 Å². The van der Waals surface area contributed by atoms with Crippen molar-refractivity contribution >= 4 is 23.4 Å². The van der Waals surface area contributed by atoms with Gasteiger partial charge in [0.1, 0.15) is 11.9 Å². The summed E-state index contributed by atoms with van der Waals surface area (Å²) >= 11 is 0. The Morgan fingerprint density at radius 3 is 2.60 bits per heavy atom. The lowest BCUT2D eigenvalue weighted by Crippen LogP contribution is -2.48. The number of hydrogen-bond donors (Lipinski definition) is 1. The van der Waals surface area contributed by atoms with Crippen LogP contribution in [0.3, 0.4) is 0 Å². The van der Waals surface area contributed by atoms with E-state index in [4.69, 9.17) is 0 Å². The summed E-state index contributed by atoms with van der Waals surface area (Å²) in [6.07, 6.45) is 1.99. The molecular weight excluding hydrogens is 325 g/mol. The zero-order valence-corrected chi connectivity index (χ0v) is 14.2.